The molecule has 1 aromatic rings. The molecule has 0 heterocycles. The van der Waals surface area contributed by atoms with Crippen molar-refractivity contribution in [3.8, 4) is 5.75 Å². The Morgan fingerprint density at radius 1 is 1.40 bits per heavy atom. The maximum Gasteiger partial charge on any atom is 0.241 e. The van der Waals surface area contributed by atoms with E-state index in [-0.39, 0.29) is 17.6 Å². The van der Waals surface area contributed by atoms with Crippen molar-refractivity contribution in [2.24, 2.45) is 11.7 Å². The smallest absolute Gasteiger partial charge is 0.241 e. The molecule has 1 rings (SSSR count). The van der Waals surface area contributed by atoms with Gasteiger partial charge in [-0.25, -0.2) is 0 Å². The van der Waals surface area contributed by atoms with Gasteiger partial charge < -0.3 is 16.2 Å². The van der Waals surface area contributed by atoms with Crippen LogP contribution < -0.4 is 11.1 Å². The Bertz CT molecular complexity index is 350. The first-order valence-corrected chi connectivity index (χ1v) is 4.87. The molecule has 0 aromatic heterocycles. The molecule has 0 aliphatic rings. The highest BCUT2D eigenvalue weighted by Gasteiger charge is 2.17. The second-order valence-corrected chi connectivity index (χ2v) is 3.78. The van der Waals surface area contributed by atoms with Gasteiger partial charge in [0, 0.05) is 0 Å². The molecular weight excluding hydrogens is 192 g/mol. The summed E-state index contributed by atoms with van der Waals surface area (Å²) in [6, 6.07) is 5.99. The zero-order chi connectivity index (χ0) is 11.4. The molecule has 0 aliphatic heterocycles. The summed E-state index contributed by atoms with van der Waals surface area (Å²) in [7, 11) is 0. The molecule has 0 saturated carbocycles. The summed E-state index contributed by atoms with van der Waals surface area (Å²) in [6.45, 7) is 3.74. The van der Waals surface area contributed by atoms with Gasteiger partial charge in [0.25, 0.3) is 0 Å². The van der Waals surface area contributed by atoms with E-state index in [1.165, 1.54) is 6.07 Å². The van der Waals surface area contributed by atoms with Crippen molar-refractivity contribution in [3.05, 3.63) is 24.3 Å². The third kappa shape index (κ3) is 2.95. The van der Waals surface area contributed by atoms with Gasteiger partial charge in [-0.1, -0.05) is 26.0 Å². The minimum absolute atomic E-state index is 0.0433. The van der Waals surface area contributed by atoms with Crippen LogP contribution in [0.15, 0.2) is 24.3 Å². The molecule has 4 nitrogen and oxygen atoms in total. The Hall–Kier alpha value is -1.55. The van der Waals surface area contributed by atoms with E-state index in [0.717, 1.165) is 0 Å². The second-order valence-electron chi connectivity index (χ2n) is 3.78. The Morgan fingerprint density at radius 2 is 2.00 bits per heavy atom. The number of anilines is 1. The third-order valence-electron chi connectivity index (χ3n) is 2.18. The lowest BCUT2D eigenvalue weighted by Gasteiger charge is -2.15. The molecule has 0 spiro atoms. The molecular formula is C11H16N2O2. The summed E-state index contributed by atoms with van der Waals surface area (Å²) in [5.41, 5.74) is 6.05. The summed E-state index contributed by atoms with van der Waals surface area (Å²) in [5.74, 6) is -0.177. The molecule has 1 atom stereocenters. The SMILES string of the molecule is CC(C)C(N)C(=O)Nc1ccccc1O. The number of rotatable bonds is 3. The topological polar surface area (TPSA) is 75.4 Å². The van der Waals surface area contributed by atoms with Gasteiger partial charge in [-0.3, -0.25) is 4.79 Å². The highest BCUT2D eigenvalue weighted by molar-refractivity contribution is 5.95. The number of hydrogen-bond acceptors (Lipinski definition) is 3. The van der Waals surface area contributed by atoms with Crippen LogP contribution in [-0.4, -0.2) is 17.1 Å². The van der Waals surface area contributed by atoms with Crippen LogP contribution in [0.2, 0.25) is 0 Å². The fourth-order valence-corrected chi connectivity index (χ4v) is 1.10. The number of phenolic OH excluding ortho intramolecular Hbond substituents is 1. The minimum Gasteiger partial charge on any atom is -0.506 e. The van der Waals surface area contributed by atoms with Crippen molar-refractivity contribution in [1.29, 1.82) is 0 Å². The zero-order valence-electron chi connectivity index (χ0n) is 8.90. The van der Waals surface area contributed by atoms with E-state index in [9.17, 15) is 9.90 Å². The quantitative estimate of drug-likeness (QED) is 0.656. The molecule has 1 aromatic carbocycles. The Balaban J connectivity index is 2.71. The van der Waals surface area contributed by atoms with Gasteiger partial charge in [0.2, 0.25) is 5.91 Å². The molecule has 0 radical (unpaired) electrons. The standard InChI is InChI=1S/C11H16N2O2/c1-7(2)10(12)11(15)13-8-5-3-4-6-9(8)14/h3-7,10,14H,12H2,1-2H3,(H,13,15). The largest absolute Gasteiger partial charge is 0.506 e. The van der Waals surface area contributed by atoms with E-state index < -0.39 is 6.04 Å². The van der Waals surface area contributed by atoms with Gasteiger partial charge in [0.15, 0.2) is 0 Å². The first-order valence-electron chi connectivity index (χ1n) is 4.87. The van der Waals surface area contributed by atoms with Gasteiger partial charge in [-0.05, 0) is 18.1 Å². The molecule has 0 bridgehead atoms. The van der Waals surface area contributed by atoms with Crippen LogP contribution in [0.25, 0.3) is 0 Å². The van der Waals surface area contributed by atoms with Gasteiger partial charge in [-0.15, -0.1) is 0 Å². The van der Waals surface area contributed by atoms with E-state index in [2.05, 4.69) is 5.32 Å². The summed E-state index contributed by atoms with van der Waals surface area (Å²) in [4.78, 5) is 11.6. The molecule has 0 saturated heterocycles. The second kappa shape index (κ2) is 4.79. The molecule has 0 aliphatic carbocycles. The van der Waals surface area contributed by atoms with Crippen molar-refractivity contribution in [2.75, 3.05) is 5.32 Å². The van der Waals surface area contributed by atoms with Crippen molar-refractivity contribution < 1.29 is 9.90 Å². The molecule has 15 heavy (non-hydrogen) atoms. The summed E-state index contributed by atoms with van der Waals surface area (Å²) >= 11 is 0. The first-order chi connectivity index (χ1) is 7.02. The van der Waals surface area contributed by atoms with Gasteiger partial charge in [0.1, 0.15) is 5.75 Å². The molecule has 1 unspecified atom stereocenters. The lowest BCUT2D eigenvalue weighted by atomic mass is 10.0. The molecule has 1 amide bonds. The molecule has 0 fully saturated rings. The highest BCUT2D eigenvalue weighted by atomic mass is 16.3. The third-order valence-corrected chi connectivity index (χ3v) is 2.18. The van der Waals surface area contributed by atoms with Crippen LogP contribution in [-0.2, 0) is 4.79 Å². The Kier molecular flexibility index (Phi) is 3.68. The van der Waals surface area contributed by atoms with Crippen molar-refractivity contribution in [3.63, 3.8) is 0 Å². The van der Waals surface area contributed by atoms with E-state index in [1.54, 1.807) is 18.2 Å². The van der Waals surface area contributed by atoms with Crippen molar-refractivity contribution >= 4 is 11.6 Å². The lowest BCUT2D eigenvalue weighted by Crippen LogP contribution is -2.39. The van der Waals surface area contributed by atoms with E-state index in [4.69, 9.17) is 5.73 Å². The number of para-hydroxylation sites is 2. The maximum atomic E-state index is 11.6. The highest BCUT2D eigenvalue weighted by Crippen LogP contribution is 2.21. The number of amides is 1. The van der Waals surface area contributed by atoms with Crippen LogP contribution in [0.5, 0.6) is 5.75 Å². The number of carbonyl (C=O) groups excluding carboxylic acids is 1. The number of aromatic hydroxyl groups is 1. The normalized spacial score (nSPS) is 12.5. The van der Waals surface area contributed by atoms with E-state index in [0.29, 0.717) is 5.69 Å². The maximum absolute atomic E-state index is 11.6. The predicted molar refractivity (Wildman–Crippen MR) is 59.5 cm³/mol. The van der Waals surface area contributed by atoms with Gasteiger partial charge >= 0.3 is 0 Å². The van der Waals surface area contributed by atoms with Crippen LogP contribution in [0.4, 0.5) is 5.69 Å². The van der Waals surface area contributed by atoms with Crippen molar-refractivity contribution in [1.82, 2.24) is 0 Å². The van der Waals surface area contributed by atoms with E-state index >= 15 is 0 Å². The van der Waals surface area contributed by atoms with Gasteiger partial charge in [0.05, 0.1) is 11.7 Å². The number of benzene rings is 1. The number of nitrogens with two attached hydrogens (primary N) is 1. The van der Waals surface area contributed by atoms with Crippen LogP contribution in [0.3, 0.4) is 0 Å². The van der Waals surface area contributed by atoms with Crippen LogP contribution >= 0.6 is 0 Å². The summed E-state index contributed by atoms with van der Waals surface area (Å²) in [5, 5.41) is 12.0. The van der Waals surface area contributed by atoms with Crippen LogP contribution in [0.1, 0.15) is 13.8 Å². The first kappa shape index (κ1) is 11.5. The number of phenols is 1. The predicted octanol–water partition coefficient (Wildman–Crippen LogP) is 1.31. The number of hydrogen-bond donors (Lipinski definition) is 3. The Morgan fingerprint density at radius 3 is 2.53 bits per heavy atom. The summed E-state index contributed by atoms with van der Waals surface area (Å²) in [6.07, 6.45) is 0. The number of nitrogens with one attached hydrogen (secondary N) is 1. The van der Waals surface area contributed by atoms with Crippen molar-refractivity contribution in [2.45, 2.75) is 19.9 Å². The average molecular weight is 208 g/mol. The summed E-state index contributed by atoms with van der Waals surface area (Å²) < 4.78 is 0. The average Bonchev–Trinajstić information content (AvgIpc) is 2.20. The molecule has 82 valence electrons. The Labute approximate surface area is 89.1 Å². The van der Waals surface area contributed by atoms with Crippen LogP contribution in [0, 0.1) is 5.92 Å². The molecule has 4 heteroatoms. The van der Waals surface area contributed by atoms with E-state index in [1.807, 2.05) is 13.8 Å². The van der Waals surface area contributed by atoms with Gasteiger partial charge in [-0.2, -0.15) is 0 Å². The fraction of sp³-hybridized carbons (Fsp3) is 0.364. The molecule has 4 N–H and O–H groups in total. The minimum atomic E-state index is -0.565. The zero-order valence-corrected chi connectivity index (χ0v) is 8.90. The number of carbonyl (C=O) groups is 1. The lowest BCUT2D eigenvalue weighted by molar-refractivity contribution is -0.118. The fourth-order valence-electron chi connectivity index (χ4n) is 1.10. The monoisotopic (exact) mass is 208 g/mol.